The Kier molecular flexibility index (Phi) is 6.41. The van der Waals surface area contributed by atoms with Crippen LogP contribution < -0.4 is 14.8 Å². The number of hydrogen-bond donors (Lipinski definition) is 1. The SMILES string of the molecule is CCc1nnc(NC(=O)c2cc(Br)c(OCc3ccccc3)c(OC)c2)s1. The molecule has 1 heterocycles. The van der Waals surface area contributed by atoms with Crippen LogP contribution in [0.15, 0.2) is 46.9 Å². The van der Waals surface area contributed by atoms with E-state index in [1.807, 2.05) is 37.3 Å². The number of carbonyl (C=O) groups excluding carboxylic acids is 1. The summed E-state index contributed by atoms with van der Waals surface area (Å²) in [5, 5.41) is 12.1. The number of aromatic nitrogens is 2. The highest BCUT2D eigenvalue weighted by atomic mass is 79.9. The Morgan fingerprint density at radius 2 is 2.00 bits per heavy atom. The van der Waals surface area contributed by atoms with Crippen LogP contribution in [0.5, 0.6) is 11.5 Å². The second-order valence-corrected chi connectivity index (χ2v) is 7.49. The first kappa shape index (κ1) is 19.3. The molecular weight excluding hydrogens is 430 g/mol. The van der Waals surface area contributed by atoms with Crippen molar-refractivity contribution in [1.29, 1.82) is 0 Å². The lowest BCUT2D eigenvalue weighted by atomic mass is 10.2. The largest absolute Gasteiger partial charge is 0.493 e. The second kappa shape index (κ2) is 8.96. The number of amides is 1. The van der Waals surface area contributed by atoms with Gasteiger partial charge in [0.1, 0.15) is 11.6 Å². The van der Waals surface area contributed by atoms with E-state index in [-0.39, 0.29) is 5.91 Å². The zero-order valence-corrected chi connectivity index (χ0v) is 17.3. The van der Waals surface area contributed by atoms with Crippen molar-refractivity contribution in [2.45, 2.75) is 20.0 Å². The fourth-order valence-corrected chi connectivity index (χ4v) is 3.57. The van der Waals surface area contributed by atoms with Crippen molar-refractivity contribution < 1.29 is 14.3 Å². The molecule has 2 aromatic carbocycles. The highest BCUT2D eigenvalue weighted by Crippen LogP contribution is 2.37. The molecule has 0 radical (unpaired) electrons. The minimum atomic E-state index is -0.289. The van der Waals surface area contributed by atoms with E-state index in [0.29, 0.717) is 33.3 Å². The molecule has 0 aliphatic rings. The summed E-state index contributed by atoms with van der Waals surface area (Å²) in [5.41, 5.74) is 1.47. The first-order chi connectivity index (χ1) is 13.1. The molecule has 0 saturated carbocycles. The minimum Gasteiger partial charge on any atom is -0.493 e. The Morgan fingerprint density at radius 1 is 1.22 bits per heavy atom. The second-order valence-electron chi connectivity index (χ2n) is 5.57. The number of hydrogen-bond acceptors (Lipinski definition) is 6. The Morgan fingerprint density at radius 3 is 2.67 bits per heavy atom. The number of rotatable bonds is 7. The van der Waals surface area contributed by atoms with Crippen molar-refractivity contribution in [3.05, 3.63) is 63.1 Å². The highest BCUT2D eigenvalue weighted by molar-refractivity contribution is 9.10. The molecular formula is C19H18BrN3O3S. The topological polar surface area (TPSA) is 73.3 Å². The molecule has 3 aromatic rings. The lowest BCUT2D eigenvalue weighted by Gasteiger charge is -2.14. The molecule has 8 heteroatoms. The van der Waals surface area contributed by atoms with E-state index in [0.717, 1.165) is 17.0 Å². The summed E-state index contributed by atoms with van der Waals surface area (Å²) in [4.78, 5) is 12.5. The normalized spacial score (nSPS) is 10.5. The van der Waals surface area contributed by atoms with Gasteiger partial charge in [0.2, 0.25) is 5.13 Å². The molecule has 27 heavy (non-hydrogen) atoms. The first-order valence-corrected chi connectivity index (χ1v) is 9.89. The van der Waals surface area contributed by atoms with Gasteiger partial charge in [-0.15, -0.1) is 10.2 Å². The van der Waals surface area contributed by atoms with Gasteiger partial charge in [0.05, 0.1) is 11.6 Å². The van der Waals surface area contributed by atoms with Gasteiger partial charge < -0.3 is 9.47 Å². The van der Waals surface area contributed by atoms with Gasteiger partial charge in [-0.05, 0) is 40.0 Å². The number of methoxy groups -OCH3 is 1. The van der Waals surface area contributed by atoms with Gasteiger partial charge >= 0.3 is 0 Å². The van der Waals surface area contributed by atoms with Crippen molar-refractivity contribution >= 4 is 38.3 Å². The number of anilines is 1. The molecule has 0 spiro atoms. The van der Waals surface area contributed by atoms with Crippen LogP contribution in [-0.4, -0.2) is 23.2 Å². The maximum absolute atomic E-state index is 12.5. The number of benzene rings is 2. The van der Waals surface area contributed by atoms with Gasteiger partial charge in [0, 0.05) is 5.56 Å². The van der Waals surface area contributed by atoms with E-state index < -0.39 is 0 Å². The third-order valence-corrected chi connectivity index (χ3v) is 5.28. The monoisotopic (exact) mass is 447 g/mol. The summed E-state index contributed by atoms with van der Waals surface area (Å²) in [6.45, 7) is 2.38. The van der Waals surface area contributed by atoms with E-state index in [1.54, 1.807) is 12.1 Å². The van der Waals surface area contributed by atoms with Gasteiger partial charge in [0.25, 0.3) is 5.91 Å². The number of nitrogens with zero attached hydrogens (tertiary/aromatic N) is 2. The Bertz CT molecular complexity index is 931. The fourth-order valence-electron chi connectivity index (χ4n) is 2.34. The summed E-state index contributed by atoms with van der Waals surface area (Å²) < 4.78 is 11.9. The third kappa shape index (κ3) is 4.84. The van der Waals surface area contributed by atoms with Crippen molar-refractivity contribution in [3.8, 4) is 11.5 Å². The maximum atomic E-state index is 12.5. The summed E-state index contributed by atoms with van der Waals surface area (Å²) in [6, 6.07) is 13.2. The molecule has 140 valence electrons. The fraction of sp³-hybridized carbons (Fsp3) is 0.211. The quantitative estimate of drug-likeness (QED) is 0.567. The average Bonchev–Trinajstić information content (AvgIpc) is 3.14. The molecule has 0 bridgehead atoms. The van der Waals surface area contributed by atoms with Crippen LogP contribution in [0.25, 0.3) is 0 Å². The Balaban J connectivity index is 1.77. The third-order valence-electron chi connectivity index (χ3n) is 3.71. The summed E-state index contributed by atoms with van der Waals surface area (Å²) >= 11 is 4.83. The van der Waals surface area contributed by atoms with Crippen LogP contribution in [0.4, 0.5) is 5.13 Å². The van der Waals surface area contributed by atoms with E-state index in [1.165, 1.54) is 18.4 Å². The zero-order chi connectivity index (χ0) is 19.2. The van der Waals surface area contributed by atoms with Gasteiger partial charge in [0.15, 0.2) is 11.5 Å². The Hall–Kier alpha value is -2.45. The number of halogens is 1. The zero-order valence-electron chi connectivity index (χ0n) is 14.9. The highest BCUT2D eigenvalue weighted by Gasteiger charge is 2.17. The molecule has 0 atom stereocenters. The molecule has 3 rings (SSSR count). The van der Waals surface area contributed by atoms with E-state index in [2.05, 4.69) is 31.4 Å². The molecule has 1 N–H and O–H groups in total. The molecule has 6 nitrogen and oxygen atoms in total. The van der Waals surface area contributed by atoms with Gasteiger partial charge in [-0.1, -0.05) is 48.6 Å². The average molecular weight is 448 g/mol. The van der Waals surface area contributed by atoms with Crippen LogP contribution in [0, 0.1) is 0 Å². The standard InChI is InChI=1S/C19H18BrN3O3S/c1-3-16-22-23-19(27-16)21-18(24)13-9-14(20)17(15(10-13)25-2)26-11-12-7-5-4-6-8-12/h4-10H,3,11H2,1-2H3,(H,21,23,24). The van der Waals surface area contributed by atoms with E-state index in [4.69, 9.17) is 9.47 Å². The molecule has 0 unspecified atom stereocenters. The number of ether oxygens (including phenoxy) is 2. The summed E-state index contributed by atoms with van der Waals surface area (Å²) in [7, 11) is 1.54. The van der Waals surface area contributed by atoms with E-state index >= 15 is 0 Å². The predicted molar refractivity (Wildman–Crippen MR) is 109 cm³/mol. The molecule has 1 aromatic heterocycles. The van der Waals surface area contributed by atoms with Crippen molar-refractivity contribution in [2.24, 2.45) is 0 Å². The molecule has 0 aliphatic carbocycles. The first-order valence-electron chi connectivity index (χ1n) is 8.28. The Labute approximate surface area is 169 Å². The molecule has 1 amide bonds. The van der Waals surface area contributed by atoms with Crippen molar-refractivity contribution in [3.63, 3.8) is 0 Å². The number of carbonyl (C=O) groups is 1. The lowest BCUT2D eigenvalue weighted by molar-refractivity contribution is 0.102. The number of aryl methyl sites for hydroxylation is 1. The van der Waals surface area contributed by atoms with Crippen molar-refractivity contribution in [2.75, 3.05) is 12.4 Å². The van der Waals surface area contributed by atoms with Crippen molar-refractivity contribution in [1.82, 2.24) is 10.2 Å². The van der Waals surface area contributed by atoms with Gasteiger partial charge in [-0.25, -0.2) is 0 Å². The lowest BCUT2D eigenvalue weighted by Crippen LogP contribution is -2.12. The van der Waals surface area contributed by atoms with Crippen LogP contribution in [0.2, 0.25) is 0 Å². The minimum absolute atomic E-state index is 0.289. The number of nitrogens with one attached hydrogen (secondary N) is 1. The van der Waals surface area contributed by atoms with E-state index in [9.17, 15) is 4.79 Å². The van der Waals surface area contributed by atoms with Crippen LogP contribution in [0.1, 0.15) is 27.9 Å². The predicted octanol–water partition coefficient (Wildman–Crippen LogP) is 4.70. The molecule has 0 saturated heterocycles. The van der Waals surface area contributed by atoms with Gasteiger partial charge in [-0.2, -0.15) is 0 Å². The van der Waals surface area contributed by atoms with Crippen LogP contribution in [-0.2, 0) is 13.0 Å². The smallest absolute Gasteiger partial charge is 0.257 e. The van der Waals surface area contributed by atoms with Crippen LogP contribution >= 0.6 is 27.3 Å². The molecule has 0 fully saturated rings. The maximum Gasteiger partial charge on any atom is 0.257 e. The molecule has 0 aliphatic heterocycles. The summed E-state index contributed by atoms with van der Waals surface area (Å²) in [5.74, 6) is 0.724. The van der Waals surface area contributed by atoms with Gasteiger partial charge in [-0.3, -0.25) is 10.1 Å². The van der Waals surface area contributed by atoms with Crippen LogP contribution in [0.3, 0.4) is 0 Å². The summed E-state index contributed by atoms with van der Waals surface area (Å²) in [6.07, 6.45) is 0.778.